The van der Waals surface area contributed by atoms with Gasteiger partial charge in [-0.3, -0.25) is 0 Å². The largest absolute Gasteiger partial charge is 0.508 e. The zero-order valence-corrected chi connectivity index (χ0v) is 19.1. The molecule has 0 fully saturated rings. The number of aliphatic hydroxyl groups is 2. The third kappa shape index (κ3) is 3.73. The number of phenolic OH excluding ortho intramolecular Hbond substituents is 1. The van der Waals surface area contributed by atoms with E-state index in [-0.39, 0.29) is 5.75 Å². The average Bonchev–Trinajstić information content (AvgIpc) is 3.32. The average molecular weight is 457 g/mol. The van der Waals surface area contributed by atoms with Crippen molar-refractivity contribution >= 4 is 22.8 Å². The van der Waals surface area contributed by atoms with E-state index in [0.29, 0.717) is 5.56 Å². The van der Waals surface area contributed by atoms with Crippen LogP contribution in [0.3, 0.4) is 0 Å². The summed E-state index contributed by atoms with van der Waals surface area (Å²) in [6.07, 6.45) is -1.95. The van der Waals surface area contributed by atoms with Crippen molar-refractivity contribution in [1.29, 1.82) is 0 Å². The Hall–Kier alpha value is -3.68. The van der Waals surface area contributed by atoms with Crippen molar-refractivity contribution in [1.82, 2.24) is 0 Å². The first-order valence-corrected chi connectivity index (χ1v) is 11.4. The third-order valence-electron chi connectivity index (χ3n) is 6.75. The fourth-order valence-corrected chi connectivity index (χ4v) is 5.18. The molecule has 0 aromatic heterocycles. The van der Waals surface area contributed by atoms with Crippen LogP contribution in [0.5, 0.6) is 5.75 Å². The number of rotatable bonds is 5. The first-order chi connectivity index (χ1) is 16.5. The van der Waals surface area contributed by atoms with Gasteiger partial charge in [0.2, 0.25) is 0 Å². The summed E-state index contributed by atoms with van der Waals surface area (Å²) in [6.45, 7) is 3.76. The number of nitrogens with zero attached hydrogens (tertiary/aromatic N) is 4. The van der Waals surface area contributed by atoms with Gasteiger partial charge in [0.25, 0.3) is 0 Å². The number of hydrogen-bond donors (Lipinski definition) is 3. The summed E-state index contributed by atoms with van der Waals surface area (Å²) in [7, 11) is 0. The first-order valence-electron chi connectivity index (χ1n) is 11.4. The van der Waals surface area contributed by atoms with E-state index in [1.54, 1.807) is 22.2 Å². The van der Waals surface area contributed by atoms with E-state index in [2.05, 4.69) is 10.2 Å². The Morgan fingerprint density at radius 3 is 1.50 bits per heavy atom. The van der Waals surface area contributed by atoms with Gasteiger partial charge in [0.15, 0.2) is 12.5 Å². The molecule has 0 bridgehead atoms. The molecule has 2 aliphatic rings. The molecule has 2 heterocycles. The number of hydrogen-bond acceptors (Lipinski definition) is 7. The van der Waals surface area contributed by atoms with Gasteiger partial charge in [-0.25, -0.2) is 10.0 Å². The van der Waals surface area contributed by atoms with Crippen LogP contribution in [-0.2, 0) is 0 Å². The topological polar surface area (TPSA) is 91.9 Å². The number of benzene rings is 3. The number of aromatic hydroxyl groups is 1. The van der Waals surface area contributed by atoms with Crippen molar-refractivity contribution in [3.63, 3.8) is 0 Å². The second-order valence-electron chi connectivity index (χ2n) is 8.81. The number of aliphatic hydroxyl groups excluding tert-OH is 2. The van der Waals surface area contributed by atoms with Crippen LogP contribution >= 0.6 is 0 Å². The standard InChI is InChI=1S/C27H28N4O3/c1-17-23(26(33)30(28-17)19-11-5-3-6-12-19)25(21-15-9-10-16-22(21)32)24-18(2)29-31(27(24)34)20-13-7-4-8-14-20/h3-16,23-27,32-34H,1-2H3/t23-,24+,25?,26-,27-/m1/s1. The van der Waals surface area contributed by atoms with Crippen molar-refractivity contribution in [3.05, 3.63) is 90.5 Å². The van der Waals surface area contributed by atoms with E-state index in [0.717, 1.165) is 22.8 Å². The summed E-state index contributed by atoms with van der Waals surface area (Å²) in [6, 6.07) is 26.1. The molecule has 34 heavy (non-hydrogen) atoms. The van der Waals surface area contributed by atoms with Gasteiger partial charge in [0, 0.05) is 17.3 Å². The molecular formula is C27H28N4O3. The summed E-state index contributed by atoms with van der Waals surface area (Å²) in [4.78, 5) is 0. The normalized spacial score (nSPS) is 25.3. The molecule has 0 saturated carbocycles. The van der Waals surface area contributed by atoms with E-state index in [4.69, 9.17) is 0 Å². The molecule has 0 aliphatic carbocycles. The Labute approximate surface area is 198 Å². The van der Waals surface area contributed by atoms with Crippen LogP contribution in [0.1, 0.15) is 25.3 Å². The van der Waals surface area contributed by atoms with Crippen LogP contribution in [-0.4, -0.2) is 39.2 Å². The van der Waals surface area contributed by atoms with Crippen molar-refractivity contribution in [2.75, 3.05) is 10.0 Å². The Kier molecular flexibility index (Phi) is 5.81. The van der Waals surface area contributed by atoms with E-state index in [1.807, 2.05) is 86.6 Å². The summed E-state index contributed by atoms with van der Waals surface area (Å²) in [5.41, 5.74) is 3.64. The highest BCUT2D eigenvalue weighted by molar-refractivity contribution is 5.93. The van der Waals surface area contributed by atoms with Gasteiger partial charge in [0.1, 0.15) is 5.75 Å². The van der Waals surface area contributed by atoms with Gasteiger partial charge in [0.05, 0.1) is 23.2 Å². The van der Waals surface area contributed by atoms with Crippen LogP contribution in [0.15, 0.2) is 95.1 Å². The summed E-state index contributed by atoms with van der Waals surface area (Å²) >= 11 is 0. The van der Waals surface area contributed by atoms with Gasteiger partial charge in [-0.1, -0.05) is 54.6 Å². The minimum atomic E-state index is -0.974. The quantitative estimate of drug-likeness (QED) is 0.537. The molecule has 3 N–H and O–H groups in total. The van der Waals surface area contributed by atoms with Crippen LogP contribution < -0.4 is 10.0 Å². The van der Waals surface area contributed by atoms with Gasteiger partial charge in [-0.15, -0.1) is 0 Å². The monoisotopic (exact) mass is 456 g/mol. The van der Waals surface area contributed by atoms with E-state index >= 15 is 0 Å². The molecule has 174 valence electrons. The second kappa shape index (κ2) is 8.93. The Balaban J connectivity index is 1.57. The molecule has 0 saturated heterocycles. The minimum Gasteiger partial charge on any atom is -0.508 e. The molecule has 1 unspecified atom stereocenters. The number of phenols is 1. The summed E-state index contributed by atoms with van der Waals surface area (Å²) in [5.74, 6) is -1.31. The van der Waals surface area contributed by atoms with Crippen LogP contribution in [0, 0.1) is 11.8 Å². The Morgan fingerprint density at radius 1 is 0.647 bits per heavy atom. The molecule has 0 spiro atoms. The molecule has 3 aromatic carbocycles. The van der Waals surface area contributed by atoms with Crippen LogP contribution in [0.25, 0.3) is 0 Å². The van der Waals surface area contributed by atoms with E-state index in [9.17, 15) is 15.3 Å². The zero-order chi connectivity index (χ0) is 23.8. The molecule has 5 rings (SSSR count). The smallest absolute Gasteiger partial charge is 0.156 e. The molecule has 0 amide bonds. The van der Waals surface area contributed by atoms with Gasteiger partial charge in [-0.05, 0) is 49.7 Å². The fourth-order valence-electron chi connectivity index (χ4n) is 5.18. The lowest BCUT2D eigenvalue weighted by Crippen LogP contribution is -2.44. The maximum atomic E-state index is 11.5. The molecule has 0 radical (unpaired) electrons. The SMILES string of the molecule is CC1=NN(c2ccccc2)[C@H](O)[C@H]1C(c1ccccc1O)[C@@H]1C(C)=NN(c2ccccc2)[C@@H]1O. The lowest BCUT2D eigenvalue weighted by Gasteiger charge is -2.36. The molecule has 7 nitrogen and oxygen atoms in total. The van der Waals surface area contributed by atoms with Crippen LogP contribution in [0.2, 0.25) is 0 Å². The maximum absolute atomic E-state index is 11.5. The third-order valence-corrected chi connectivity index (χ3v) is 6.75. The second-order valence-corrected chi connectivity index (χ2v) is 8.81. The summed E-state index contributed by atoms with van der Waals surface area (Å²) in [5, 5.41) is 46.4. The predicted octanol–water partition coefficient (Wildman–Crippen LogP) is 4.14. The molecular weight excluding hydrogens is 428 g/mol. The molecule has 2 aliphatic heterocycles. The Bertz CT molecular complexity index is 1140. The van der Waals surface area contributed by atoms with E-state index in [1.165, 1.54) is 0 Å². The first kappa shape index (κ1) is 22.1. The van der Waals surface area contributed by atoms with Crippen LogP contribution in [0.4, 0.5) is 11.4 Å². The van der Waals surface area contributed by atoms with Gasteiger partial charge >= 0.3 is 0 Å². The summed E-state index contributed by atoms with van der Waals surface area (Å²) < 4.78 is 0. The zero-order valence-electron chi connectivity index (χ0n) is 19.1. The maximum Gasteiger partial charge on any atom is 0.156 e. The Morgan fingerprint density at radius 2 is 1.06 bits per heavy atom. The number of hydrazone groups is 2. The highest BCUT2D eigenvalue weighted by Gasteiger charge is 2.50. The predicted molar refractivity (Wildman–Crippen MR) is 134 cm³/mol. The van der Waals surface area contributed by atoms with Crippen molar-refractivity contribution < 1.29 is 15.3 Å². The molecule has 3 aromatic rings. The highest BCUT2D eigenvalue weighted by Crippen LogP contribution is 2.47. The lowest BCUT2D eigenvalue weighted by molar-refractivity contribution is 0.0879. The fraction of sp³-hybridized carbons (Fsp3) is 0.259. The van der Waals surface area contributed by atoms with Gasteiger partial charge in [-0.2, -0.15) is 10.2 Å². The van der Waals surface area contributed by atoms with E-state index < -0.39 is 30.2 Å². The highest BCUT2D eigenvalue weighted by atomic mass is 16.3. The molecule has 7 heteroatoms. The number of anilines is 2. The minimum absolute atomic E-state index is 0.115. The molecule has 5 atom stereocenters. The van der Waals surface area contributed by atoms with Crippen molar-refractivity contribution in [3.8, 4) is 5.75 Å². The lowest BCUT2D eigenvalue weighted by atomic mass is 9.72. The number of para-hydroxylation sites is 3. The van der Waals surface area contributed by atoms with Gasteiger partial charge < -0.3 is 15.3 Å². The van der Waals surface area contributed by atoms with Crippen molar-refractivity contribution in [2.45, 2.75) is 32.2 Å². The van der Waals surface area contributed by atoms with Crippen molar-refractivity contribution in [2.24, 2.45) is 22.0 Å².